The number of H-pyrrole nitrogens is 1. The molecular weight excluding hydrogens is 370 g/mol. The number of carbonyl (C=O) groups excluding carboxylic acids is 1. The fourth-order valence-corrected chi connectivity index (χ4v) is 4.16. The molecule has 2 aliphatic heterocycles. The standard InChI is InChI=1S/C21H25N5O3/c1-21(2)10-13-8-15(16(9-18(13)29-21)26-4-6-28-7-5-26)23-20(27)14-11-22-12-17-19(14)24-25(17)3/h8-9,11-12,24H,4-7,10H2,1-3H3,(H,23,27). The van der Waals surface area contributed by atoms with Crippen LogP contribution in [-0.2, 0) is 18.2 Å². The Bertz CT molecular complexity index is 1090. The summed E-state index contributed by atoms with van der Waals surface area (Å²) in [7, 11) is 1.89. The molecule has 0 bridgehead atoms. The van der Waals surface area contributed by atoms with Crippen molar-refractivity contribution in [3.63, 3.8) is 0 Å². The summed E-state index contributed by atoms with van der Waals surface area (Å²) in [6, 6.07) is 4.10. The van der Waals surface area contributed by atoms with Crippen LogP contribution in [0.3, 0.4) is 0 Å². The molecule has 2 aromatic heterocycles. The van der Waals surface area contributed by atoms with E-state index >= 15 is 0 Å². The van der Waals surface area contributed by atoms with Crippen LogP contribution < -0.4 is 15.0 Å². The summed E-state index contributed by atoms with van der Waals surface area (Å²) in [6.45, 7) is 7.06. The summed E-state index contributed by atoms with van der Waals surface area (Å²) in [5.74, 6) is 0.714. The number of anilines is 2. The third-order valence-corrected chi connectivity index (χ3v) is 5.59. The van der Waals surface area contributed by atoms with Crippen LogP contribution in [-0.4, -0.2) is 52.6 Å². The Balaban J connectivity index is 1.51. The van der Waals surface area contributed by atoms with Crippen LogP contribution in [0.25, 0.3) is 11.0 Å². The Morgan fingerprint density at radius 1 is 1.24 bits per heavy atom. The highest BCUT2D eigenvalue weighted by Gasteiger charge is 2.32. The molecule has 0 atom stereocenters. The summed E-state index contributed by atoms with van der Waals surface area (Å²) in [4.78, 5) is 19.6. The largest absolute Gasteiger partial charge is 0.487 e. The zero-order valence-electron chi connectivity index (χ0n) is 16.9. The lowest BCUT2D eigenvalue weighted by Crippen LogP contribution is -2.36. The maximum Gasteiger partial charge on any atom is 0.259 e. The van der Waals surface area contributed by atoms with Crippen LogP contribution in [0.4, 0.5) is 11.4 Å². The molecule has 8 heteroatoms. The first-order chi connectivity index (χ1) is 13.9. The van der Waals surface area contributed by atoms with E-state index in [2.05, 4.69) is 46.3 Å². The molecule has 1 aromatic carbocycles. The molecule has 5 rings (SSSR count). The van der Waals surface area contributed by atoms with Crippen molar-refractivity contribution < 1.29 is 14.3 Å². The van der Waals surface area contributed by atoms with Gasteiger partial charge in [0.15, 0.2) is 0 Å². The highest BCUT2D eigenvalue weighted by atomic mass is 16.5. The molecule has 29 heavy (non-hydrogen) atoms. The average molecular weight is 395 g/mol. The highest BCUT2D eigenvalue weighted by molar-refractivity contribution is 6.12. The van der Waals surface area contributed by atoms with E-state index in [1.807, 2.05) is 11.7 Å². The minimum absolute atomic E-state index is 0.178. The van der Waals surface area contributed by atoms with Crippen molar-refractivity contribution in [1.82, 2.24) is 14.8 Å². The van der Waals surface area contributed by atoms with Gasteiger partial charge in [0, 0.05) is 44.4 Å². The number of fused-ring (bicyclic) bond motifs is 2. The first-order valence-corrected chi connectivity index (χ1v) is 9.90. The zero-order chi connectivity index (χ0) is 20.2. The predicted octanol–water partition coefficient (Wildman–Crippen LogP) is 2.70. The number of pyridine rings is 1. The predicted molar refractivity (Wildman–Crippen MR) is 111 cm³/mol. The number of benzene rings is 1. The third-order valence-electron chi connectivity index (χ3n) is 5.59. The number of aryl methyl sites for hydroxylation is 1. The Labute approximate surface area is 168 Å². The molecule has 4 heterocycles. The van der Waals surface area contributed by atoms with Crippen LogP contribution >= 0.6 is 0 Å². The van der Waals surface area contributed by atoms with Gasteiger partial charge in [0.25, 0.3) is 5.91 Å². The maximum absolute atomic E-state index is 13.1. The van der Waals surface area contributed by atoms with Crippen molar-refractivity contribution in [3.05, 3.63) is 35.7 Å². The monoisotopic (exact) mass is 395 g/mol. The number of carbonyl (C=O) groups is 1. The fraction of sp³-hybridized carbons (Fsp3) is 0.429. The van der Waals surface area contributed by atoms with E-state index in [0.29, 0.717) is 18.8 Å². The first kappa shape index (κ1) is 18.1. The Kier molecular flexibility index (Phi) is 4.06. The van der Waals surface area contributed by atoms with Gasteiger partial charge in [0.2, 0.25) is 0 Å². The molecule has 0 spiro atoms. The summed E-state index contributed by atoms with van der Waals surface area (Å²) in [5, 5.41) is 6.26. The SMILES string of the molecule is Cn1[nH]c2c(C(=O)Nc3cc4c(cc3N3CCOCC3)OC(C)(C)C4)cncc21. The van der Waals surface area contributed by atoms with Gasteiger partial charge in [-0.05, 0) is 19.9 Å². The van der Waals surface area contributed by atoms with Crippen LogP contribution in [0.1, 0.15) is 29.8 Å². The van der Waals surface area contributed by atoms with Gasteiger partial charge in [-0.25, -0.2) is 0 Å². The molecule has 2 N–H and O–H groups in total. The van der Waals surface area contributed by atoms with Crippen LogP contribution in [0, 0.1) is 0 Å². The fourth-order valence-electron chi connectivity index (χ4n) is 4.16. The third kappa shape index (κ3) is 3.13. The summed E-state index contributed by atoms with van der Waals surface area (Å²) in [5.41, 5.74) is 4.88. The second-order valence-electron chi connectivity index (χ2n) is 8.32. The smallest absolute Gasteiger partial charge is 0.259 e. The molecule has 152 valence electrons. The number of nitrogens with zero attached hydrogens (tertiary/aromatic N) is 3. The van der Waals surface area contributed by atoms with Gasteiger partial charge in [0.05, 0.1) is 41.9 Å². The molecule has 2 aliphatic rings. The molecule has 1 amide bonds. The van der Waals surface area contributed by atoms with Crippen molar-refractivity contribution in [2.24, 2.45) is 7.05 Å². The second kappa shape index (κ2) is 6.52. The van der Waals surface area contributed by atoms with Crippen LogP contribution in [0.15, 0.2) is 24.5 Å². The Hall–Kier alpha value is -3.00. The van der Waals surface area contributed by atoms with E-state index in [0.717, 1.165) is 53.2 Å². The van der Waals surface area contributed by atoms with E-state index in [9.17, 15) is 4.79 Å². The van der Waals surface area contributed by atoms with Crippen LogP contribution in [0.5, 0.6) is 5.75 Å². The maximum atomic E-state index is 13.1. The Morgan fingerprint density at radius 2 is 2.03 bits per heavy atom. The summed E-state index contributed by atoms with van der Waals surface area (Å²) in [6.07, 6.45) is 4.15. The van der Waals surface area contributed by atoms with E-state index in [1.54, 1.807) is 12.4 Å². The number of rotatable bonds is 3. The Morgan fingerprint density at radius 3 is 2.79 bits per heavy atom. The van der Waals surface area contributed by atoms with Gasteiger partial charge < -0.3 is 19.7 Å². The molecular formula is C21H25N5O3. The number of amides is 1. The summed E-state index contributed by atoms with van der Waals surface area (Å²) >= 11 is 0. The molecule has 3 aromatic rings. The van der Waals surface area contributed by atoms with E-state index in [4.69, 9.17) is 9.47 Å². The normalized spacial score (nSPS) is 18.0. The number of hydrogen-bond acceptors (Lipinski definition) is 5. The highest BCUT2D eigenvalue weighted by Crippen LogP contribution is 2.42. The molecule has 0 unspecified atom stereocenters. The topological polar surface area (TPSA) is 84.4 Å². The minimum atomic E-state index is -0.242. The lowest BCUT2D eigenvalue weighted by Gasteiger charge is -2.31. The molecule has 0 saturated carbocycles. The second-order valence-corrected chi connectivity index (χ2v) is 8.32. The van der Waals surface area contributed by atoms with E-state index in [1.165, 1.54) is 0 Å². The van der Waals surface area contributed by atoms with E-state index in [-0.39, 0.29) is 11.5 Å². The van der Waals surface area contributed by atoms with Crippen molar-refractivity contribution >= 4 is 28.3 Å². The number of aromatic nitrogens is 3. The zero-order valence-corrected chi connectivity index (χ0v) is 16.9. The van der Waals surface area contributed by atoms with Gasteiger partial charge in [-0.1, -0.05) is 0 Å². The number of ether oxygens (including phenoxy) is 2. The minimum Gasteiger partial charge on any atom is -0.487 e. The van der Waals surface area contributed by atoms with E-state index < -0.39 is 0 Å². The first-order valence-electron chi connectivity index (χ1n) is 9.90. The van der Waals surface area contributed by atoms with Crippen molar-refractivity contribution in [3.8, 4) is 5.75 Å². The van der Waals surface area contributed by atoms with Gasteiger partial charge in [0.1, 0.15) is 16.9 Å². The van der Waals surface area contributed by atoms with Gasteiger partial charge in [-0.2, -0.15) is 0 Å². The van der Waals surface area contributed by atoms with Gasteiger partial charge in [-0.15, -0.1) is 0 Å². The van der Waals surface area contributed by atoms with Gasteiger partial charge in [-0.3, -0.25) is 19.6 Å². The number of hydrogen-bond donors (Lipinski definition) is 2. The average Bonchev–Trinajstić information content (AvgIpc) is 3.00. The lowest BCUT2D eigenvalue weighted by atomic mass is 10.0. The summed E-state index contributed by atoms with van der Waals surface area (Å²) < 4.78 is 13.5. The molecule has 8 nitrogen and oxygen atoms in total. The molecule has 0 aliphatic carbocycles. The number of morpholine rings is 1. The quantitative estimate of drug-likeness (QED) is 0.712. The molecule has 1 fully saturated rings. The lowest BCUT2D eigenvalue weighted by molar-refractivity contribution is 0.102. The molecule has 1 saturated heterocycles. The van der Waals surface area contributed by atoms with Crippen LogP contribution in [0.2, 0.25) is 0 Å². The van der Waals surface area contributed by atoms with Crippen molar-refractivity contribution in [2.45, 2.75) is 25.9 Å². The number of nitrogens with one attached hydrogen (secondary N) is 2. The van der Waals surface area contributed by atoms with Crippen molar-refractivity contribution in [1.29, 1.82) is 0 Å². The number of aromatic amines is 1. The van der Waals surface area contributed by atoms with Crippen molar-refractivity contribution in [2.75, 3.05) is 36.5 Å². The molecule has 0 radical (unpaired) electrons. The van der Waals surface area contributed by atoms with Gasteiger partial charge >= 0.3 is 0 Å².